The Hall–Kier alpha value is -3.20. The molecule has 0 aliphatic heterocycles. The largest absolute Gasteiger partial charge is 0.396 e. The standard InChI is InChI=1S/C29H38N6O2/c1-2-7-21(14-15-36)32-28-27-26(33-29(30)34-28)22-10-3-4-12-24(22)35(27)18-20-9-5-8-19(16-20)17-31-23-11-6-13-25(23)37/h3-5,8-10,12,16,21,23,25,31,36-37H,2,6-7,11,13-15,17-18H2,1H3,(H3,30,32,33,34)/t21-,23+,25+/m0/s1. The summed E-state index contributed by atoms with van der Waals surface area (Å²) in [6, 6.07) is 17.1. The first-order valence-corrected chi connectivity index (χ1v) is 13.5. The number of hydrogen-bond acceptors (Lipinski definition) is 7. The summed E-state index contributed by atoms with van der Waals surface area (Å²) in [5.74, 6) is 0.943. The van der Waals surface area contributed by atoms with Crippen LogP contribution in [0.3, 0.4) is 0 Å². The Bertz CT molecular complexity index is 1350. The van der Waals surface area contributed by atoms with E-state index >= 15 is 0 Å². The highest BCUT2D eigenvalue weighted by atomic mass is 16.3. The van der Waals surface area contributed by atoms with Crippen molar-refractivity contribution in [3.05, 3.63) is 59.7 Å². The monoisotopic (exact) mass is 502 g/mol. The molecule has 0 radical (unpaired) electrons. The SMILES string of the molecule is CCC[C@@H](CCO)Nc1nc(N)nc2c3ccccc3n(Cc3cccc(CN[C@@H]4CCC[C@H]4O)c3)c12. The molecule has 4 aromatic rings. The van der Waals surface area contributed by atoms with Gasteiger partial charge in [0, 0.05) is 37.2 Å². The van der Waals surface area contributed by atoms with E-state index in [0.717, 1.165) is 60.6 Å². The molecule has 5 rings (SSSR count). The summed E-state index contributed by atoms with van der Waals surface area (Å²) in [5.41, 5.74) is 11.4. The molecule has 6 N–H and O–H groups in total. The van der Waals surface area contributed by atoms with Crippen molar-refractivity contribution in [2.45, 2.75) is 76.7 Å². The van der Waals surface area contributed by atoms with Gasteiger partial charge in [-0.1, -0.05) is 55.8 Å². The normalized spacial score (nSPS) is 18.6. The number of nitrogen functional groups attached to an aromatic ring is 1. The molecule has 1 aliphatic carbocycles. The van der Waals surface area contributed by atoms with Crippen molar-refractivity contribution < 1.29 is 10.2 Å². The Morgan fingerprint density at radius 3 is 2.70 bits per heavy atom. The zero-order valence-electron chi connectivity index (χ0n) is 21.5. The van der Waals surface area contributed by atoms with Gasteiger partial charge in [0.1, 0.15) is 11.0 Å². The molecule has 1 fully saturated rings. The quantitative estimate of drug-likeness (QED) is 0.209. The van der Waals surface area contributed by atoms with Crippen molar-refractivity contribution in [2.75, 3.05) is 17.7 Å². The van der Waals surface area contributed by atoms with E-state index < -0.39 is 0 Å². The number of rotatable bonds is 11. The highest BCUT2D eigenvalue weighted by Gasteiger charge is 2.24. The molecule has 0 spiro atoms. The lowest BCUT2D eigenvalue weighted by Crippen LogP contribution is -2.35. The minimum Gasteiger partial charge on any atom is -0.396 e. The van der Waals surface area contributed by atoms with Crippen LogP contribution in [-0.2, 0) is 13.1 Å². The molecule has 2 heterocycles. The number of nitrogens with two attached hydrogens (primary N) is 1. The number of para-hydroxylation sites is 1. The fraction of sp³-hybridized carbons (Fsp3) is 0.448. The number of anilines is 2. The Morgan fingerprint density at radius 1 is 1.08 bits per heavy atom. The molecule has 1 saturated carbocycles. The third kappa shape index (κ3) is 5.56. The van der Waals surface area contributed by atoms with Gasteiger partial charge in [-0.2, -0.15) is 4.98 Å². The number of aromatic nitrogens is 3. The Kier molecular flexibility index (Phi) is 7.88. The van der Waals surface area contributed by atoms with Gasteiger partial charge >= 0.3 is 0 Å². The van der Waals surface area contributed by atoms with Crippen molar-refractivity contribution in [2.24, 2.45) is 0 Å². The van der Waals surface area contributed by atoms with Crippen LogP contribution in [0.15, 0.2) is 48.5 Å². The number of benzene rings is 2. The molecular formula is C29H38N6O2. The summed E-state index contributed by atoms with van der Waals surface area (Å²) in [6.07, 6.45) is 5.31. The summed E-state index contributed by atoms with van der Waals surface area (Å²) in [6.45, 7) is 3.64. The molecule has 2 aromatic heterocycles. The van der Waals surface area contributed by atoms with Crippen LogP contribution in [0.2, 0.25) is 0 Å². The van der Waals surface area contributed by atoms with E-state index in [9.17, 15) is 10.2 Å². The number of aliphatic hydroxyl groups excluding tert-OH is 2. The van der Waals surface area contributed by atoms with Crippen LogP contribution in [-0.4, -0.2) is 49.5 Å². The molecule has 0 amide bonds. The van der Waals surface area contributed by atoms with E-state index in [1.54, 1.807) is 0 Å². The van der Waals surface area contributed by atoms with Crippen molar-refractivity contribution in [1.29, 1.82) is 0 Å². The van der Waals surface area contributed by atoms with Crippen molar-refractivity contribution in [3.63, 3.8) is 0 Å². The summed E-state index contributed by atoms with van der Waals surface area (Å²) >= 11 is 0. The summed E-state index contributed by atoms with van der Waals surface area (Å²) in [4.78, 5) is 9.27. The predicted octanol–water partition coefficient (Wildman–Crippen LogP) is 4.18. The van der Waals surface area contributed by atoms with Gasteiger partial charge < -0.3 is 31.1 Å². The van der Waals surface area contributed by atoms with Gasteiger partial charge in [-0.15, -0.1) is 0 Å². The lowest BCUT2D eigenvalue weighted by molar-refractivity contribution is 0.148. The highest BCUT2D eigenvalue weighted by molar-refractivity contribution is 6.09. The zero-order chi connectivity index (χ0) is 25.8. The summed E-state index contributed by atoms with van der Waals surface area (Å²) < 4.78 is 2.27. The van der Waals surface area contributed by atoms with Crippen molar-refractivity contribution >= 4 is 33.7 Å². The smallest absolute Gasteiger partial charge is 0.222 e. The first-order valence-electron chi connectivity index (χ1n) is 13.5. The second-order valence-electron chi connectivity index (χ2n) is 10.2. The van der Waals surface area contributed by atoms with E-state index in [1.807, 2.05) is 12.1 Å². The first-order chi connectivity index (χ1) is 18.1. The van der Waals surface area contributed by atoms with Crippen LogP contribution in [0.4, 0.5) is 11.8 Å². The van der Waals surface area contributed by atoms with E-state index in [2.05, 4.69) is 68.5 Å². The number of hydrogen-bond donors (Lipinski definition) is 5. The minimum absolute atomic E-state index is 0.0966. The van der Waals surface area contributed by atoms with Gasteiger partial charge in [0.2, 0.25) is 5.95 Å². The molecule has 0 saturated heterocycles. The Labute approximate surface area is 217 Å². The molecule has 8 heteroatoms. The average molecular weight is 503 g/mol. The molecule has 2 aromatic carbocycles. The third-order valence-corrected chi connectivity index (χ3v) is 7.46. The van der Waals surface area contributed by atoms with Crippen molar-refractivity contribution in [1.82, 2.24) is 19.9 Å². The van der Waals surface area contributed by atoms with Gasteiger partial charge in [-0.05, 0) is 49.3 Å². The fourth-order valence-corrected chi connectivity index (χ4v) is 5.64. The molecule has 1 aliphatic rings. The second kappa shape index (κ2) is 11.5. The van der Waals surface area contributed by atoms with Crippen molar-refractivity contribution in [3.8, 4) is 0 Å². The summed E-state index contributed by atoms with van der Waals surface area (Å²) in [7, 11) is 0. The van der Waals surface area contributed by atoms with E-state index in [1.165, 1.54) is 11.1 Å². The van der Waals surface area contributed by atoms with E-state index in [-0.39, 0.29) is 30.7 Å². The van der Waals surface area contributed by atoms with Gasteiger partial charge in [-0.25, -0.2) is 4.98 Å². The third-order valence-electron chi connectivity index (χ3n) is 7.46. The van der Waals surface area contributed by atoms with Gasteiger partial charge in [0.25, 0.3) is 0 Å². The zero-order valence-corrected chi connectivity index (χ0v) is 21.5. The minimum atomic E-state index is -0.249. The van der Waals surface area contributed by atoms with Gasteiger partial charge in [-0.3, -0.25) is 0 Å². The van der Waals surface area contributed by atoms with E-state index in [0.29, 0.717) is 18.8 Å². The van der Waals surface area contributed by atoms with Gasteiger partial charge in [0.15, 0.2) is 5.82 Å². The second-order valence-corrected chi connectivity index (χ2v) is 10.2. The maximum absolute atomic E-state index is 10.2. The molecule has 0 bridgehead atoms. The molecule has 3 atom stereocenters. The number of aliphatic hydroxyl groups is 2. The lowest BCUT2D eigenvalue weighted by atomic mass is 10.1. The highest BCUT2D eigenvalue weighted by Crippen LogP contribution is 2.33. The Morgan fingerprint density at radius 2 is 1.92 bits per heavy atom. The van der Waals surface area contributed by atoms with Crippen LogP contribution in [0, 0.1) is 0 Å². The fourth-order valence-electron chi connectivity index (χ4n) is 5.64. The van der Waals surface area contributed by atoms with E-state index in [4.69, 9.17) is 5.73 Å². The molecular weight excluding hydrogens is 464 g/mol. The Balaban J connectivity index is 1.51. The number of nitrogens with zero attached hydrogens (tertiary/aromatic N) is 3. The maximum atomic E-state index is 10.2. The number of fused-ring (bicyclic) bond motifs is 3. The molecule has 0 unspecified atom stereocenters. The molecule has 196 valence electrons. The topological polar surface area (TPSA) is 121 Å². The van der Waals surface area contributed by atoms with Crippen LogP contribution < -0.4 is 16.4 Å². The average Bonchev–Trinajstić information content (AvgIpc) is 3.44. The number of nitrogens with one attached hydrogen (secondary N) is 2. The lowest BCUT2D eigenvalue weighted by Gasteiger charge is -2.20. The molecule has 8 nitrogen and oxygen atoms in total. The van der Waals surface area contributed by atoms with Crippen LogP contribution in [0.1, 0.15) is 56.6 Å². The van der Waals surface area contributed by atoms with Crippen LogP contribution in [0.25, 0.3) is 21.9 Å². The maximum Gasteiger partial charge on any atom is 0.222 e. The molecule has 37 heavy (non-hydrogen) atoms. The van der Waals surface area contributed by atoms with Crippen LogP contribution in [0.5, 0.6) is 0 Å². The van der Waals surface area contributed by atoms with Crippen LogP contribution >= 0.6 is 0 Å². The predicted molar refractivity (Wildman–Crippen MR) is 149 cm³/mol. The van der Waals surface area contributed by atoms with Gasteiger partial charge in [0.05, 0.1) is 11.6 Å². The summed E-state index contributed by atoms with van der Waals surface area (Å²) in [5, 5.41) is 27.9. The first kappa shape index (κ1) is 25.4.